The van der Waals surface area contributed by atoms with E-state index in [1.807, 2.05) is 0 Å². The average Bonchev–Trinajstić information content (AvgIpc) is 2.64. The Hall–Kier alpha value is -3.09. The molecule has 0 fully saturated rings. The molecule has 0 aliphatic heterocycles. The highest BCUT2D eigenvalue weighted by atomic mass is 19.1. The second-order valence-corrected chi connectivity index (χ2v) is 5.02. The molecule has 2 rings (SSSR count). The average molecular weight is 346 g/mol. The molecule has 132 valence electrons. The maximum Gasteiger partial charge on any atom is 0.277 e. The second kappa shape index (κ2) is 8.68. The number of halogens is 1. The topological polar surface area (TPSA) is 69.2 Å². The summed E-state index contributed by atoms with van der Waals surface area (Å²) in [5.41, 5.74) is 3.61. The highest BCUT2D eigenvalue weighted by Gasteiger charge is 2.09. The molecule has 0 atom stereocenters. The second-order valence-electron chi connectivity index (χ2n) is 5.02. The number of nitrogens with zero attached hydrogens (tertiary/aromatic N) is 1. The lowest BCUT2D eigenvalue weighted by Gasteiger charge is -2.10. The van der Waals surface area contributed by atoms with Crippen LogP contribution >= 0.6 is 0 Å². The van der Waals surface area contributed by atoms with E-state index in [0.717, 1.165) is 0 Å². The predicted molar refractivity (Wildman–Crippen MR) is 91.8 cm³/mol. The molecule has 0 heterocycles. The molecule has 6 nitrogen and oxygen atoms in total. The van der Waals surface area contributed by atoms with Gasteiger partial charge in [-0.25, -0.2) is 9.82 Å². The summed E-state index contributed by atoms with van der Waals surface area (Å²) < 4.78 is 29.0. The summed E-state index contributed by atoms with van der Waals surface area (Å²) in [6, 6.07) is 11.1. The summed E-state index contributed by atoms with van der Waals surface area (Å²) in [7, 11) is 3.09. The zero-order valence-corrected chi connectivity index (χ0v) is 14.2. The zero-order chi connectivity index (χ0) is 18.2. The van der Waals surface area contributed by atoms with E-state index in [9.17, 15) is 9.18 Å². The minimum Gasteiger partial charge on any atom is -0.497 e. The first kappa shape index (κ1) is 18.3. The molecule has 1 N–H and O–H groups in total. The van der Waals surface area contributed by atoms with E-state index in [-0.39, 0.29) is 12.4 Å². The first-order valence-corrected chi connectivity index (χ1v) is 7.48. The van der Waals surface area contributed by atoms with Crippen LogP contribution in [0.5, 0.6) is 17.2 Å². The van der Waals surface area contributed by atoms with Crippen LogP contribution in [0, 0.1) is 5.82 Å². The summed E-state index contributed by atoms with van der Waals surface area (Å²) in [6.45, 7) is 1.37. The number of methoxy groups -OCH3 is 2. The van der Waals surface area contributed by atoms with E-state index in [2.05, 4.69) is 10.5 Å². The smallest absolute Gasteiger partial charge is 0.277 e. The van der Waals surface area contributed by atoms with Gasteiger partial charge < -0.3 is 14.2 Å². The highest BCUT2D eigenvalue weighted by molar-refractivity contribution is 6.01. The van der Waals surface area contributed by atoms with Crippen molar-refractivity contribution in [2.24, 2.45) is 5.10 Å². The fourth-order valence-corrected chi connectivity index (χ4v) is 2.04. The van der Waals surface area contributed by atoms with Crippen LogP contribution in [0.3, 0.4) is 0 Å². The molecule has 1 amide bonds. The van der Waals surface area contributed by atoms with Crippen molar-refractivity contribution in [1.82, 2.24) is 5.43 Å². The molecule has 0 spiro atoms. The minimum atomic E-state index is -0.530. The molecule has 2 aromatic rings. The van der Waals surface area contributed by atoms with Gasteiger partial charge in [-0.15, -0.1) is 0 Å². The van der Waals surface area contributed by atoms with Crippen molar-refractivity contribution < 1.29 is 23.4 Å². The zero-order valence-electron chi connectivity index (χ0n) is 14.2. The number of rotatable bonds is 7. The Bertz CT molecular complexity index is 777. The van der Waals surface area contributed by atoms with Crippen molar-refractivity contribution in [3.05, 3.63) is 53.8 Å². The fourth-order valence-electron chi connectivity index (χ4n) is 2.04. The Morgan fingerprint density at radius 1 is 1.12 bits per heavy atom. The van der Waals surface area contributed by atoms with Gasteiger partial charge in [0, 0.05) is 11.6 Å². The third kappa shape index (κ3) is 4.94. The standard InChI is InChI=1S/C18H19FN2O4/c1-12(14-9-8-13(23-2)10-17(14)24-3)20-21-18(22)11-25-16-7-5-4-6-15(16)19/h4-10H,11H2,1-3H3,(H,21,22)/b20-12-. The van der Waals surface area contributed by atoms with E-state index < -0.39 is 11.7 Å². The van der Waals surface area contributed by atoms with Gasteiger partial charge >= 0.3 is 0 Å². The molecule has 0 aromatic heterocycles. The summed E-state index contributed by atoms with van der Waals surface area (Å²) in [5.74, 6) is 0.191. The van der Waals surface area contributed by atoms with E-state index in [1.165, 1.54) is 25.3 Å². The Labute approximate surface area is 145 Å². The molecule has 0 saturated carbocycles. The summed E-state index contributed by atoms with van der Waals surface area (Å²) in [4.78, 5) is 11.8. The Balaban J connectivity index is 1.98. The van der Waals surface area contributed by atoms with Gasteiger partial charge in [-0.3, -0.25) is 4.79 Å². The highest BCUT2D eigenvalue weighted by Crippen LogP contribution is 2.25. The SMILES string of the molecule is COc1ccc(/C(C)=N\NC(=O)COc2ccccc2F)c(OC)c1. The summed E-state index contributed by atoms with van der Waals surface area (Å²) in [5, 5.41) is 4.02. The van der Waals surface area contributed by atoms with Crippen molar-refractivity contribution in [3.8, 4) is 17.2 Å². The van der Waals surface area contributed by atoms with Crippen molar-refractivity contribution in [3.63, 3.8) is 0 Å². The lowest BCUT2D eigenvalue weighted by molar-refractivity contribution is -0.123. The van der Waals surface area contributed by atoms with Crippen LogP contribution in [0.4, 0.5) is 4.39 Å². The summed E-state index contributed by atoms with van der Waals surface area (Å²) >= 11 is 0. The van der Waals surface area contributed by atoms with Crippen LogP contribution in [0.25, 0.3) is 0 Å². The predicted octanol–water partition coefficient (Wildman–Crippen LogP) is 2.76. The van der Waals surface area contributed by atoms with Crippen molar-refractivity contribution in [2.45, 2.75) is 6.92 Å². The molecule has 0 aliphatic rings. The number of amides is 1. The third-order valence-electron chi connectivity index (χ3n) is 3.34. The third-order valence-corrected chi connectivity index (χ3v) is 3.34. The number of hydrazone groups is 1. The minimum absolute atomic E-state index is 0.00942. The van der Waals surface area contributed by atoms with Crippen molar-refractivity contribution in [2.75, 3.05) is 20.8 Å². The van der Waals surface area contributed by atoms with Crippen LogP contribution < -0.4 is 19.6 Å². The molecule has 0 unspecified atom stereocenters. The molecule has 0 radical (unpaired) electrons. The molecule has 25 heavy (non-hydrogen) atoms. The van der Waals surface area contributed by atoms with Gasteiger partial charge in [0.2, 0.25) is 0 Å². The number of carbonyl (C=O) groups excluding carboxylic acids is 1. The van der Waals surface area contributed by atoms with Gasteiger partial charge in [0.1, 0.15) is 11.5 Å². The molecule has 0 aliphatic carbocycles. The molecular weight excluding hydrogens is 327 g/mol. The van der Waals surface area contributed by atoms with Crippen LogP contribution in [-0.2, 0) is 4.79 Å². The van der Waals surface area contributed by atoms with Crippen LogP contribution in [0.1, 0.15) is 12.5 Å². The van der Waals surface area contributed by atoms with Crippen molar-refractivity contribution in [1.29, 1.82) is 0 Å². The number of hydrogen-bond donors (Lipinski definition) is 1. The van der Waals surface area contributed by atoms with Crippen LogP contribution in [0.2, 0.25) is 0 Å². The van der Waals surface area contributed by atoms with Gasteiger partial charge in [-0.1, -0.05) is 12.1 Å². The maximum absolute atomic E-state index is 13.4. The number of para-hydroxylation sites is 1. The first-order chi connectivity index (χ1) is 12.0. The first-order valence-electron chi connectivity index (χ1n) is 7.48. The van der Waals surface area contributed by atoms with Crippen LogP contribution in [0.15, 0.2) is 47.6 Å². The van der Waals surface area contributed by atoms with Gasteiger partial charge in [0.15, 0.2) is 18.2 Å². The quantitative estimate of drug-likeness (QED) is 0.618. The Morgan fingerprint density at radius 3 is 2.56 bits per heavy atom. The summed E-state index contributed by atoms with van der Waals surface area (Å²) in [6.07, 6.45) is 0. The number of ether oxygens (including phenoxy) is 3. The molecule has 0 saturated heterocycles. The monoisotopic (exact) mass is 346 g/mol. The lowest BCUT2D eigenvalue weighted by atomic mass is 10.1. The molecule has 0 bridgehead atoms. The van der Waals surface area contributed by atoms with E-state index >= 15 is 0 Å². The largest absolute Gasteiger partial charge is 0.497 e. The Kier molecular flexibility index (Phi) is 6.33. The Morgan fingerprint density at radius 2 is 1.88 bits per heavy atom. The van der Waals surface area contributed by atoms with E-state index in [1.54, 1.807) is 38.3 Å². The van der Waals surface area contributed by atoms with Gasteiger partial charge in [-0.2, -0.15) is 5.10 Å². The molecule has 7 heteroatoms. The van der Waals surface area contributed by atoms with Gasteiger partial charge in [0.05, 0.1) is 19.9 Å². The van der Waals surface area contributed by atoms with Gasteiger partial charge in [-0.05, 0) is 31.2 Å². The van der Waals surface area contributed by atoms with Crippen LogP contribution in [-0.4, -0.2) is 32.4 Å². The maximum atomic E-state index is 13.4. The fraction of sp³-hybridized carbons (Fsp3) is 0.222. The number of nitrogens with one attached hydrogen (secondary N) is 1. The number of hydrogen-bond acceptors (Lipinski definition) is 5. The molecule has 2 aromatic carbocycles. The number of benzene rings is 2. The molecular formula is C18H19FN2O4. The van der Waals surface area contributed by atoms with Gasteiger partial charge in [0.25, 0.3) is 5.91 Å². The van der Waals surface area contributed by atoms with Crippen molar-refractivity contribution >= 4 is 11.6 Å². The lowest BCUT2D eigenvalue weighted by Crippen LogP contribution is -2.25. The number of carbonyl (C=O) groups is 1. The normalized spacial score (nSPS) is 11.0. The van der Waals surface area contributed by atoms with E-state index in [4.69, 9.17) is 14.2 Å². The van der Waals surface area contributed by atoms with E-state index in [0.29, 0.717) is 22.8 Å².